The summed E-state index contributed by atoms with van der Waals surface area (Å²) in [4.78, 5) is 21.1. The van der Waals surface area contributed by atoms with Crippen molar-refractivity contribution in [1.82, 2.24) is 34.3 Å². The highest BCUT2D eigenvalue weighted by Gasteiger charge is 2.19. The van der Waals surface area contributed by atoms with E-state index >= 15 is 0 Å². The van der Waals surface area contributed by atoms with Gasteiger partial charge >= 0.3 is 0 Å². The van der Waals surface area contributed by atoms with Crippen LogP contribution >= 0.6 is 11.6 Å². The van der Waals surface area contributed by atoms with Crippen molar-refractivity contribution in [3.8, 4) is 11.1 Å². The van der Waals surface area contributed by atoms with Gasteiger partial charge in [0.1, 0.15) is 6.33 Å². The highest BCUT2D eigenvalue weighted by molar-refractivity contribution is 6.30. The summed E-state index contributed by atoms with van der Waals surface area (Å²) >= 11 is 6.06. The van der Waals surface area contributed by atoms with Crippen molar-refractivity contribution < 1.29 is 0 Å². The molecule has 0 saturated carbocycles. The van der Waals surface area contributed by atoms with Gasteiger partial charge < -0.3 is 4.98 Å². The topological polar surface area (TPSA) is 93.8 Å². The van der Waals surface area contributed by atoms with E-state index in [1.807, 2.05) is 55.6 Å². The molecule has 2 aromatic carbocycles. The molecular formula is C25H20ClN7O. The molecule has 4 aromatic heterocycles. The van der Waals surface area contributed by atoms with Crippen LogP contribution in [0.4, 0.5) is 0 Å². The van der Waals surface area contributed by atoms with Crippen molar-refractivity contribution in [1.29, 1.82) is 0 Å². The van der Waals surface area contributed by atoms with Crippen LogP contribution in [-0.2, 0) is 19.4 Å². The van der Waals surface area contributed by atoms with E-state index in [2.05, 4.69) is 26.2 Å². The number of para-hydroxylation sites is 1. The number of aryl methyl sites for hydroxylation is 3. The van der Waals surface area contributed by atoms with Crippen LogP contribution in [0.1, 0.15) is 18.2 Å². The van der Waals surface area contributed by atoms with Crippen molar-refractivity contribution in [3.05, 3.63) is 87.7 Å². The first-order valence-corrected chi connectivity index (χ1v) is 11.5. The van der Waals surface area contributed by atoms with Gasteiger partial charge in [-0.25, -0.2) is 4.98 Å². The smallest absolute Gasteiger partial charge is 0.283 e. The SMILES string of the molecule is CCc1nn2c(nnc3c(=O)n(CCc4c[nH]c5ccccc45)cnc32)c1-c1ccc(Cl)cc1. The Morgan fingerprint density at radius 1 is 1.03 bits per heavy atom. The second-order valence-corrected chi connectivity index (χ2v) is 8.58. The molecule has 0 aliphatic heterocycles. The summed E-state index contributed by atoms with van der Waals surface area (Å²) < 4.78 is 3.20. The number of hydrogen-bond donors (Lipinski definition) is 1. The summed E-state index contributed by atoms with van der Waals surface area (Å²) in [5, 5.41) is 15.2. The predicted molar refractivity (Wildman–Crippen MR) is 132 cm³/mol. The molecule has 0 aliphatic rings. The molecule has 4 heterocycles. The number of rotatable bonds is 5. The van der Waals surface area contributed by atoms with Crippen molar-refractivity contribution in [2.75, 3.05) is 0 Å². The summed E-state index contributed by atoms with van der Waals surface area (Å²) in [6, 6.07) is 15.6. The maximum absolute atomic E-state index is 13.2. The number of nitrogens with one attached hydrogen (secondary N) is 1. The maximum Gasteiger partial charge on any atom is 0.283 e. The molecule has 0 atom stereocenters. The second-order valence-electron chi connectivity index (χ2n) is 8.14. The van der Waals surface area contributed by atoms with E-state index in [0.717, 1.165) is 33.3 Å². The predicted octanol–water partition coefficient (Wildman–Crippen LogP) is 4.44. The zero-order chi connectivity index (χ0) is 23.2. The van der Waals surface area contributed by atoms with E-state index in [0.29, 0.717) is 35.7 Å². The Kier molecular flexibility index (Phi) is 4.88. The van der Waals surface area contributed by atoms with Crippen molar-refractivity contribution in [3.63, 3.8) is 0 Å². The number of hydrogen-bond acceptors (Lipinski definition) is 5. The second kappa shape index (κ2) is 8.07. The minimum atomic E-state index is -0.235. The van der Waals surface area contributed by atoms with E-state index in [4.69, 9.17) is 16.7 Å². The third-order valence-electron chi connectivity index (χ3n) is 6.14. The number of fused-ring (bicyclic) bond motifs is 4. The lowest BCUT2D eigenvalue weighted by Gasteiger charge is -2.06. The number of halogens is 1. The van der Waals surface area contributed by atoms with Gasteiger partial charge in [0, 0.05) is 28.7 Å². The van der Waals surface area contributed by atoms with Crippen LogP contribution in [0, 0.1) is 0 Å². The highest BCUT2D eigenvalue weighted by Crippen LogP contribution is 2.29. The van der Waals surface area contributed by atoms with Gasteiger partial charge in [0.15, 0.2) is 16.8 Å². The molecule has 6 rings (SSSR count). The van der Waals surface area contributed by atoms with Crippen LogP contribution < -0.4 is 5.56 Å². The number of aromatic amines is 1. The van der Waals surface area contributed by atoms with Gasteiger partial charge in [-0.3, -0.25) is 9.36 Å². The summed E-state index contributed by atoms with van der Waals surface area (Å²) in [7, 11) is 0. The normalized spacial score (nSPS) is 11.7. The molecular weight excluding hydrogens is 450 g/mol. The molecule has 0 radical (unpaired) electrons. The average molecular weight is 470 g/mol. The Bertz CT molecular complexity index is 1730. The van der Waals surface area contributed by atoms with E-state index < -0.39 is 0 Å². The third kappa shape index (κ3) is 3.26. The van der Waals surface area contributed by atoms with Gasteiger partial charge in [0.05, 0.1) is 11.3 Å². The first kappa shape index (κ1) is 20.6. The minimum absolute atomic E-state index is 0.196. The molecule has 168 valence electrons. The standard InChI is InChI=1S/C25H20ClN7O/c1-2-19-21(15-7-9-17(26)10-8-15)23-30-29-22-24(33(23)31-19)28-14-32(25(22)34)12-11-16-13-27-20-6-4-3-5-18(16)20/h3-10,13-14,27H,2,11-12H2,1H3. The summed E-state index contributed by atoms with van der Waals surface area (Å²) in [5.74, 6) is 0. The van der Waals surface area contributed by atoms with Crippen LogP contribution in [0.5, 0.6) is 0 Å². The van der Waals surface area contributed by atoms with Crippen LogP contribution in [0.3, 0.4) is 0 Å². The van der Waals surface area contributed by atoms with Crippen LogP contribution in [0.2, 0.25) is 5.02 Å². The minimum Gasteiger partial charge on any atom is -0.361 e. The van der Waals surface area contributed by atoms with E-state index in [1.54, 1.807) is 15.4 Å². The largest absolute Gasteiger partial charge is 0.361 e. The molecule has 0 bridgehead atoms. The molecule has 0 saturated heterocycles. The van der Waals surface area contributed by atoms with Gasteiger partial charge in [-0.2, -0.15) is 9.61 Å². The molecule has 0 unspecified atom stereocenters. The summed E-state index contributed by atoms with van der Waals surface area (Å²) in [5.41, 5.74) is 5.82. The molecule has 0 spiro atoms. The zero-order valence-electron chi connectivity index (χ0n) is 18.4. The zero-order valence-corrected chi connectivity index (χ0v) is 19.1. The molecule has 0 aliphatic carbocycles. The van der Waals surface area contributed by atoms with Gasteiger partial charge in [-0.1, -0.05) is 48.9 Å². The number of nitrogens with zero attached hydrogens (tertiary/aromatic N) is 6. The van der Waals surface area contributed by atoms with Crippen LogP contribution in [0.25, 0.3) is 38.8 Å². The molecule has 1 N–H and O–H groups in total. The summed E-state index contributed by atoms with van der Waals surface area (Å²) in [6.07, 6.45) is 4.94. The van der Waals surface area contributed by atoms with Crippen molar-refractivity contribution in [2.45, 2.75) is 26.3 Å². The molecule has 0 amide bonds. The van der Waals surface area contributed by atoms with Gasteiger partial charge in [-0.15, -0.1) is 10.2 Å². The fourth-order valence-electron chi connectivity index (χ4n) is 4.40. The Morgan fingerprint density at radius 3 is 2.68 bits per heavy atom. The Balaban J connectivity index is 1.42. The monoisotopic (exact) mass is 469 g/mol. The van der Waals surface area contributed by atoms with Gasteiger partial charge in [0.2, 0.25) is 0 Å². The van der Waals surface area contributed by atoms with Crippen molar-refractivity contribution >= 4 is 39.3 Å². The van der Waals surface area contributed by atoms with Crippen molar-refractivity contribution in [2.24, 2.45) is 0 Å². The quantitative estimate of drug-likeness (QED) is 0.403. The highest BCUT2D eigenvalue weighted by atomic mass is 35.5. The fraction of sp³-hybridized carbons (Fsp3) is 0.160. The molecule has 0 fully saturated rings. The lowest BCUT2D eigenvalue weighted by Crippen LogP contribution is -2.23. The van der Waals surface area contributed by atoms with Gasteiger partial charge in [-0.05, 0) is 42.2 Å². The summed E-state index contributed by atoms with van der Waals surface area (Å²) in [6.45, 7) is 2.51. The molecule has 34 heavy (non-hydrogen) atoms. The first-order valence-electron chi connectivity index (χ1n) is 11.1. The van der Waals surface area contributed by atoms with Gasteiger partial charge in [0.25, 0.3) is 5.56 Å². The Labute approximate surface area is 198 Å². The Morgan fingerprint density at radius 2 is 1.85 bits per heavy atom. The number of benzene rings is 2. The molecule has 9 heteroatoms. The lowest BCUT2D eigenvalue weighted by atomic mass is 10.0. The first-order chi connectivity index (χ1) is 16.6. The molecule has 8 nitrogen and oxygen atoms in total. The number of aromatic nitrogens is 7. The number of H-pyrrole nitrogens is 1. The maximum atomic E-state index is 13.2. The van der Waals surface area contributed by atoms with E-state index in [1.165, 1.54) is 0 Å². The van der Waals surface area contributed by atoms with Crippen LogP contribution in [-0.4, -0.2) is 34.3 Å². The van der Waals surface area contributed by atoms with E-state index in [-0.39, 0.29) is 11.1 Å². The molecule has 6 aromatic rings. The third-order valence-corrected chi connectivity index (χ3v) is 6.39. The average Bonchev–Trinajstić information content (AvgIpc) is 3.45. The fourth-order valence-corrected chi connectivity index (χ4v) is 4.53. The Hall–Kier alpha value is -4.04. The lowest BCUT2D eigenvalue weighted by molar-refractivity contribution is 0.659. The van der Waals surface area contributed by atoms with E-state index in [9.17, 15) is 4.79 Å². The van der Waals surface area contributed by atoms with Crippen LogP contribution in [0.15, 0.2) is 65.8 Å².